The predicted octanol–water partition coefficient (Wildman–Crippen LogP) is 2.80. The average molecular weight is 500 g/mol. The fourth-order valence-electron chi connectivity index (χ4n) is 3.28. The van der Waals surface area contributed by atoms with Gasteiger partial charge in [0, 0.05) is 25.2 Å². The summed E-state index contributed by atoms with van der Waals surface area (Å²) in [6, 6.07) is 12.9. The maximum absolute atomic E-state index is 12.5. The van der Waals surface area contributed by atoms with E-state index in [0.717, 1.165) is 18.9 Å². The molecule has 0 unspecified atom stereocenters. The highest BCUT2D eigenvalue weighted by atomic mass is 32.2. The van der Waals surface area contributed by atoms with Crippen LogP contribution in [0.2, 0.25) is 0 Å². The molecule has 35 heavy (non-hydrogen) atoms. The topological polar surface area (TPSA) is 122 Å². The van der Waals surface area contributed by atoms with Crippen molar-refractivity contribution in [2.45, 2.75) is 37.6 Å². The Morgan fingerprint density at radius 1 is 1.03 bits per heavy atom. The molecule has 0 spiro atoms. The molecule has 2 aromatic rings. The molecule has 1 aliphatic carbocycles. The molecule has 1 saturated carbocycles. The average Bonchev–Trinajstić information content (AvgIpc) is 3.66. The summed E-state index contributed by atoms with van der Waals surface area (Å²) in [5, 5.41) is 5.46. The van der Waals surface area contributed by atoms with Crippen LogP contribution in [0.4, 0.5) is 5.69 Å². The van der Waals surface area contributed by atoms with Gasteiger partial charge in [-0.2, -0.15) is 4.31 Å². The number of sulfonamides is 1. The molecule has 3 rings (SSSR count). The van der Waals surface area contributed by atoms with Gasteiger partial charge in [0.1, 0.15) is 0 Å². The smallest absolute Gasteiger partial charge is 0.331 e. The molecule has 0 saturated heterocycles. The van der Waals surface area contributed by atoms with Crippen molar-refractivity contribution < 1.29 is 27.5 Å². The molecule has 0 bridgehead atoms. The molecule has 0 heterocycles. The van der Waals surface area contributed by atoms with E-state index in [1.807, 2.05) is 0 Å². The summed E-state index contributed by atoms with van der Waals surface area (Å²) in [6.07, 6.45) is 4.51. The van der Waals surface area contributed by atoms with E-state index in [9.17, 15) is 22.8 Å². The Kier molecular flexibility index (Phi) is 8.78. The van der Waals surface area contributed by atoms with Crippen molar-refractivity contribution in [3.8, 4) is 0 Å². The fraction of sp³-hybridized carbons (Fsp3) is 0.320. The van der Waals surface area contributed by atoms with Crippen LogP contribution in [0.5, 0.6) is 0 Å². The van der Waals surface area contributed by atoms with Gasteiger partial charge in [0.15, 0.2) is 6.61 Å². The first-order valence-corrected chi connectivity index (χ1v) is 12.8. The minimum Gasteiger partial charge on any atom is -0.452 e. The van der Waals surface area contributed by atoms with Crippen molar-refractivity contribution in [2.75, 3.05) is 25.0 Å². The second kappa shape index (κ2) is 11.8. The Balaban J connectivity index is 1.52. The molecule has 2 N–H and O–H groups in total. The predicted molar refractivity (Wildman–Crippen MR) is 132 cm³/mol. The summed E-state index contributed by atoms with van der Waals surface area (Å²) in [4.78, 5) is 36.7. The Hall–Kier alpha value is -3.50. The number of carbonyl (C=O) groups is 3. The highest BCUT2D eigenvalue weighted by Gasteiger charge is 2.25. The summed E-state index contributed by atoms with van der Waals surface area (Å²) in [6.45, 7) is 3.77. The molecule has 2 amide bonds. The molecule has 10 heteroatoms. The lowest BCUT2D eigenvalue weighted by Crippen LogP contribution is -2.30. The number of anilines is 1. The number of rotatable bonds is 11. The van der Waals surface area contributed by atoms with E-state index in [2.05, 4.69) is 10.6 Å². The molecular formula is C25H29N3O6S. The Bertz CT molecular complexity index is 1200. The number of carbonyl (C=O) groups excluding carboxylic acids is 3. The summed E-state index contributed by atoms with van der Waals surface area (Å²) in [5.41, 5.74) is 1.27. The maximum atomic E-state index is 12.5. The minimum absolute atomic E-state index is 0.170. The number of hydrogen-bond acceptors (Lipinski definition) is 6. The lowest BCUT2D eigenvalue weighted by Gasteiger charge is -2.18. The van der Waals surface area contributed by atoms with Gasteiger partial charge in [-0.3, -0.25) is 9.59 Å². The number of esters is 1. The van der Waals surface area contributed by atoms with Gasteiger partial charge in [0.25, 0.3) is 11.8 Å². The molecule has 9 nitrogen and oxygen atoms in total. The molecule has 186 valence electrons. The van der Waals surface area contributed by atoms with Gasteiger partial charge >= 0.3 is 5.97 Å². The highest BCUT2D eigenvalue weighted by Crippen LogP contribution is 2.21. The van der Waals surface area contributed by atoms with E-state index in [-0.39, 0.29) is 16.8 Å². The maximum Gasteiger partial charge on any atom is 0.331 e. The monoisotopic (exact) mass is 499 g/mol. The quantitative estimate of drug-likeness (QED) is 0.362. The molecule has 1 aliphatic rings. The van der Waals surface area contributed by atoms with Crippen LogP contribution in [0.3, 0.4) is 0 Å². The zero-order chi connectivity index (χ0) is 25.4. The van der Waals surface area contributed by atoms with Crippen LogP contribution in [-0.4, -0.2) is 56.2 Å². The molecule has 0 atom stereocenters. The number of benzene rings is 2. The number of nitrogens with zero attached hydrogens (tertiary/aromatic N) is 1. The number of para-hydroxylation sites is 1. The van der Waals surface area contributed by atoms with E-state index >= 15 is 0 Å². The fourth-order valence-corrected chi connectivity index (χ4v) is 4.74. The standard InChI is InChI=1S/C25H29N3O6S/c1-3-28(4-2)35(32,33)20-14-9-18(10-15-20)11-16-24(30)34-17-23(29)27-22-8-6-5-7-21(22)25(31)26-19-12-13-19/h5-11,14-16,19H,3-4,12-13,17H2,1-2H3,(H,26,31)(H,27,29). The van der Waals surface area contributed by atoms with Gasteiger partial charge in [-0.15, -0.1) is 0 Å². The first-order valence-electron chi connectivity index (χ1n) is 11.4. The van der Waals surface area contributed by atoms with Gasteiger partial charge in [-0.1, -0.05) is 38.1 Å². The van der Waals surface area contributed by atoms with Crippen molar-refractivity contribution in [2.24, 2.45) is 0 Å². The second-order valence-corrected chi connectivity index (χ2v) is 9.88. The van der Waals surface area contributed by atoms with Crippen molar-refractivity contribution >= 4 is 39.6 Å². The van der Waals surface area contributed by atoms with Gasteiger partial charge in [0.2, 0.25) is 10.0 Å². The molecular weight excluding hydrogens is 470 g/mol. The zero-order valence-corrected chi connectivity index (χ0v) is 20.5. The summed E-state index contributed by atoms with van der Waals surface area (Å²) in [5.74, 6) is -1.58. The van der Waals surface area contributed by atoms with Crippen molar-refractivity contribution in [1.29, 1.82) is 0 Å². The van der Waals surface area contributed by atoms with Gasteiger partial charge in [-0.25, -0.2) is 13.2 Å². The van der Waals surface area contributed by atoms with Crippen molar-refractivity contribution in [3.63, 3.8) is 0 Å². The van der Waals surface area contributed by atoms with E-state index in [0.29, 0.717) is 29.9 Å². The lowest BCUT2D eigenvalue weighted by molar-refractivity contribution is -0.142. The Morgan fingerprint density at radius 2 is 1.69 bits per heavy atom. The van der Waals surface area contributed by atoms with E-state index in [4.69, 9.17) is 4.74 Å². The van der Waals surface area contributed by atoms with Crippen molar-refractivity contribution in [1.82, 2.24) is 9.62 Å². The van der Waals surface area contributed by atoms with Gasteiger partial charge < -0.3 is 15.4 Å². The minimum atomic E-state index is -3.56. The van der Waals surface area contributed by atoms with Gasteiger partial charge in [-0.05, 0) is 48.7 Å². The largest absolute Gasteiger partial charge is 0.452 e. The van der Waals surface area contributed by atoms with Crippen LogP contribution in [0.1, 0.15) is 42.6 Å². The molecule has 0 aromatic heterocycles. The first-order chi connectivity index (χ1) is 16.7. The number of ether oxygens (including phenoxy) is 1. The first kappa shape index (κ1) is 26.1. The second-order valence-electron chi connectivity index (χ2n) is 7.94. The third-order valence-electron chi connectivity index (χ3n) is 5.34. The Labute approximate surface area is 205 Å². The van der Waals surface area contributed by atoms with Crippen molar-refractivity contribution in [3.05, 3.63) is 65.7 Å². The highest BCUT2D eigenvalue weighted by molar-refractivity contribution is 7.89. The third kappa shape index (κ3) is 7.24. The summed E-state index contributed by atoms with van der Waals surface area (Å²) >= 11 is 0. The van der Waals surface area contributed by atoms with E-state index in [1.54, 1.807) is 50.2 Å². The van der Waals surface area contributed by atoms with E-state index < -0.39 is 28.5 Å². The third-order valence-corrected chi connectivity index (χ3v) is 7.40. The van der Waals surface area contributed by atoms with Crippen LogP contribution in [0, 0.1) is 0 Å². The van der Waals surface area contributed by atoms with Gasteiger partial charge in [0.05, 0.1) is 16.1 Å². The number of hydrogen-bond donors (Lipinski definition) is 2. The zero-order valence-electron chi connectivity index (χ0n) is 19.7. The molecule has 0 radical (unpaired) electrons. The van der Waals surface area contributed by atoms with Crippen LogP contribution < -0.4 is 10.6 Å². The molecule has 1 fully saturated rings. The molecule has 2 aromatic carbocycles. The normalized spacial score (nSPS) is 13.6. The molecule has 0 aliphatic heterocycles. The number of nitrogens with one attached hydrogen (secondary N) is 2. The van der Waals surface area contributed by atoms with Crippen LogP contribution in [0.15, 0.2) is 59.5 Å². The van der Waals surface area contributed by atoms with Crippen LogP contribution >= 0.6 is 0 Å². The van der Waals surface area contributed by atoms with E-state index in [1.165, 1.54) is 22.5 Å². The summed E-state index contributed by atoms with van der Waals surface area (Å²) < 4.78 is 31.4. The SMILES string of the molecule is CCN(CC)S(=O)(=O)c1ccc(C=CC(=O)OCC(=O)Nc2ccccc2C(=O)NC2CC2)cc1. The number of amides is 2. The van der Waals surface area contributed by atoms with Crippen LogP contribution in [0.25, 0.3) is 6.08 Å². The van der Waals surface area contributed by atoms with Crippen LogP contribution in [-0.2, 0) is 24.3 Å². The Morgan fingerprint density at radius 3 is 2.31 bits per heavy atom. The lowest BCUT2D eigenvalue weighted by atomic mass is 10.1. The summed E-state index contributed by atoms with van der Waals surface area (Å²) in [7, 11) is -3.56.